The summed E-state index contributed by atoms with van der Waals surface area (Å²) < 4.78 is 11.1. The number of halogens is 1. The molecule has 0 aromatic heterocycles. The summed E-state index contributed by atoms with van der Waals surface area (Å²) in [6, 6.07) is 11.2. The van der Waals surface area contributed by atoms with Gasteiger partial charge < -0.3 is 14.6 Å². The number of carbonyl (C=O) groups is 2. The lowest BCUT2D eigenvalue weighted by Crippen LogP contribution is -2.24. The lowest BCUT2D eigenvalue weighted by molar-refractivity contribution is -0.123. The number of amides is 1. The van der Waals surface area contributed by atoms with Gasteiger partial charge in [0.05, 0.1) is 23.4 Å². The van der Waals surface area contributed by atoms with Crippen LogP contribution in [-0.2, 0) is 4.79 Å². The predicted octanol–water partition coefficient (Wildman–Crippen LogP) is 2.69. The van der Waals surface area contributed by atoms with Crippen molar-refractivity contribution in [2.24, 2.45) is 5.10 Å². The topological polar surface area (TPSA) is 97.2 Å². The number of hydrogen-bond acceptors (Lipinski definition) is 5. The maximum atomic E-state index is 11.7. The average molecular weight is 407 g/mol. The first kappa shape index (κ1) is 18.5. The van der Waals surface area contributed by atoms with Crippen molar-refractivity contribution in [3.63, 3.8) is 0 Å². The number of hydrazone groups is 1. The van der Waals surface area contributed by atoms with E-state index in [1.165, 1.54) is 18.3 Å². The number of benzene rings is 2. The molecule has 2 aromatic rings. The molecule has 25 heavy (non-hydrogen) atoms. The Balaban J connectivity index is 1.83. The molecule has 0 aliphatic rings. The summed E-state index contributed by atoms with van der Waals surface area (Å²) in [4.78, 5) is 22.5. The van der Waals surface area contributed by atoms with E-state index in [4.69, 9.17) is 14.6 Å². The van der Waals surface area contributed by atoms with Gasteiger partial charge in [0.2, 0.25) is 0 Å². The summed E-state index contributed by atoms with van der Waals surface area (Å²) in [6.07, 6.45) is 1.41. The van der Waals surface area contributed by atoms with Gasteiger partial charge in [0.15, 0.2) is 6.61 Å². The van der Waals surface area contributed by atoms with E-state index in [0.29, 0.717) is 21.5 Å². The van der Waals surface area contributed by atoms with Crippen molar-refractivity contribution in [3.05, 3.63) is 58.1 Å². The monoisotopic (exact) mass is 406 g/mol. The number of carboxylic acid groups (broad SMARTS) is 1. The minimum atomic E-state index is -1.00. The largest absolute Gasteiger partial charge is 0.497 e. The smallest absolute Gasteiger partial charge is 0.335 e. The van der Waals surface area contributed by atoms with Gasteiger partial charge in [-0.2, -0.15) is 5.10 Å². The van der Waals surface area contributed by atoms with E-state index in [1.54, 1.807) is 37.4 Å². The van der Waals surface area contributed by atoms with Gasteiger partial charge in [-0.25, -0.2) is 10.2 Å². The summed E-state index contributed by atoms with van der Waals surface area (Å²) in [7, 11) is 1.56. The van der Waals surface area contributed by atoms with E-state index in [0.717, 1.165) is 0 Å². The Hall–Kier alpha value is -2.87. The van der Waals surface area contributed by atoms with Crippen LogP contribution in [0.3, 0.4) is 0 Å². The van der Waals surface area contributed by atoms with Gasteiger partial charge in [-0.15, -0.1) is 0 Å². The molecule has 0 saturated carbocycles. The molecule has 0 bridgehead atoms. The van der Waals surface area contributed by atoms with Crippen LogP contribution in [0.25, 0.3) is 0 Å². The summed E-state index contributed by atoms with van der Waals surface area (Å²) >= 11 is 3.33. The predicted molar refractivity (Wildman–Crippen MR) is 95.3 cm³/mol. The average Bonchev–Trinajstić information content (AvgIpc) is 2.61. The van der Waals surface area contributed by atoms with Crippen LogP contribution < -0.4 is 14.9 Å². The van der Waals surface area contributed by atoms with Gasteiger partial charge in [0.25, 0.3) is 5.91 Å². The molecule has 7 nitrogen and oxygen atoms in total. The second kappa shape index (κ2) is 8.84. The number of nitrogens with zero attached hydrogens (tertiary/aromatic N) is 1. The van der Waals surface area contributed by atoms with E-state index >= 15 is 0 Å². The van der Waals surface area contributed by atoms with E-state index in [9.17, 15) is 9.59 Å². The van der Waals surface area contributed by atoms with Gasteiger partial charge in [-0.05, 0) is 51.8 Å². The van der Waals surface area contributed by atoms with Crippen molar-refractivity contribution in [2.45, 2.75) is 0 Å². The highest BCUT2D eigenvalue weighted by Gasteiger charge is 2.06. The van der Waals surface area contributed by atoms with Crippen molar-refractivity contribution >= 4 is 34.0 Å². The summed E-state index contributed by atoms with van der Waals surface area (Å²) in [5.41, 5.74) is 3.17. The maximum Gasteiger partial charge on any atom is 0.335 e. The standard InChI is InChI=1S/C17H15BrN2O5/c1-24-13-6-7-15(14(18)8-13)25-10-16(21)20-19-9-11-2-4-12(5-3-11)17(22)23/h2-9H,10H2,1H3,(H,20,21)(H,22,23)/b19-9+. The first-order chi connectivity index (χ1) is 12.0. The number of carbonyl (C=O) groups excluding carboxylic acids is 1. The molecule has 0 aliphatic carbocycles. The van der Waals surface area contributed by atoms with Crippen molar-refractivity contribution in [3.8, 4) is 11.5 Å². The Morgan fingerprint density at radius 3 is 2.56 bits per heavy atom. The molecule has 130 valence electrons. The number of ether oxygens (including phenoxy) is 2. The van der Waals surface area contributed by atoms with Crippen LogP contribution in [0.4, 0.5) is 0 Å². The molecular formula is C17H15BrN2O5. The quantitative estimate of drug-likeness (QED) is 0.544. The molecule has 2 N–H and O–H groups in total. The van der Waals surface area contributed by atoms with E-state index < -0.39 is 11.9 Å². The lowest BCUT2D eigenvalue weighted by atomic mass is 10.1. The van der Waals surface area contributed by atoms with Crippen LogP contribution >= 0.6 is 15.9 Å². The molecule has 0 atom stereocenters. The van der Waals surface area contributed by atoms with Gasteiger partial charge in [0, 0.05) is 0 Å². The Bertz CT molecular complexity index is 790. The third-order valence-electron chi connectivity index (χ3n) is 3.06. The molecule has 2 rings (SSSR count). The van der Waals surface area contributed by atoms with Crippen molar-refractivity contribution in [1.82, 2.24) is 5.43 Å². The van der Waals surface area contributed by atoms with Gasteiger partial charge >= 0.3 is 5.97 Å². The second-order valence-electron chi connectivity index (χ2n) is 4.81. The summed E-state index contributed by atoms with van der Waals surface area (Å²) in [5.74, 6) is -0.258. The molecule has 0 radical (unpaired) electrons. The third-order valence-corrected chi connectivity index (χ3v) is 3.68. The highest BCUT2D eigenvalue weighted by atomic mass is 79.9. The fourth-order valence-electron chi connectivity index (χ4n) is 1.79. The highest BCUT2D eigenvalue weighted by molar-refractivity contribution is 9.10. The van der Waals surface area contributed by atoms with Crippen LogP contribution in [0, 0.1) is 0 Å². The van der Waals surface area contributed by atoms with Crippen molar-refractivity contribution in [2.75, 3.05) is 13.7 Å². The van der Waals surface area contributed by atoms with Crippen LogP contribution in [0.1, 0.15) is 15.9 Å². The normalized spacial score (nSPS) is 10.5. The Morgan fingerprint density at radius 2 is 1.96 bits per heavy atom. The number of methoxy groups -OCH3 is 1. The number of aromatic carboxylic acids is 1. The van der Waals surface area contributed by atoms with Crippen molar-refractivity contribution in [1.29, 1.82) is 0 Å². The molecule has 0 saturated heterocycles. The lowest BCUT2D eigenvalue weighted by Gasteiger charge is -2.08. The Kier molecular flexibility index (Phi) is 6.53. The van der Waals surface area contributed by atoms with Crippen LogP contribution in [-0.4, -0.2) is 36.9 Å². The summed E-state index contributed by atoms with van der Waals surface area (Å²) in [6.45, 7) is -0.208. The minimum Gasteiger partial charge on any atom is -0.497 e. The zero-order valence-corrected chi connectivity index (χ0v) is 14.8. The van der Waals surface area contributed by atoms with Gasteiger partial charge in [0.1, 0.15) is 11.5 Å². The maximum absolute atomic E-state index is 11.7. The fourth-order valence-corrected chi connectivity index (χ4v) is 2.26. The SMILES string of the molecule is COc1ccc(OCC(=O)N/N=C/c2ccc(C(=O)O)cc2)c(Br)c1. The molecule has 2 aromatic carbocycles. The first-order valence-electron chi connectivity index (χ1n) is 7.11. The molecule has 1 amide bonds. The number of carboxylic acids is 1. The van der Waals surface area contributed by atoms with E-state index in [2.05, 4.69) is 26.5 Å². The van der Waals surface area contributed by atoms with Crippen LogP contribution in [0.2, 0.25) is 0 Å². The summed E-state index contributed by atoms with van der Waals surface area (Å²) in [5, 5.41) is 12.6. The van der Waals surface area contributed by atoms with Crippen LogP contribution in [0.5, 0.6) is 11.5 Å². The molecule has 0 fully saturated rings. The molecule has 0 spiro atoms. The fraction of sp³-hybridized carbons (Fsp3) is 0.118. The Morgan fingerprint density at radius 1 is 1.24 bits per heavy atom. The minimum absolute atomic E-state index is 0.180. The zero-order chi connectivity index (χ0) is 18.2. The first-order valence-corrected chi connectivity index (χ1v) is 7.90. The number of hydrogen-bond donors (Lipinski definition) is 2. The number of rotatable bonds is 7. The molecule has 0 unspecified atom stereocenters. The molecular weight excluding hydrogens is 392 g/mol. The van der Waals surface area contributed by atoms with Crippen LogP contribution in [0.15, 0.2) is 52.0 Å². The molecule has 0 aliphatic heterocycles. The number of nitrogens with one attached hydrogen (secondary N) is 1. The molecule has 8 heteroatoms. The van der Waals surface area contributed by atoms with E-state index in [-0.39, 0.29) is 12.2 Å². The van der Waals surface area contributed by atoms with E-state index in [1.807, 2.05) is 0 Å². The Labute approximate surface area is 152 Å². The molecule has 0 heterocycles. The highest BCUT2D eigenvalue weighted by Crippen LogP contribution is 2.28. The van der Waals surface area contributed by atoms with Crippen molar-refractivity contribution < 1.29 is 24.2 Å². The second-order valence-corrected chi connectivity index (χ2v) is 5.66. The van der Waals surface area contributed by atoms with Gasteiger partial charge in [-0.3, -0.25) is 4.79 Å². The zero-order valence-electron chi connectivity index (χ0n) is 13.2. The third kappa shape index (κ3) is 5.61. The van der Waals surface area contributed by atoms with Gasteiger partial charge in [-0.1, -0.05) is 12.1 Å².